The Morgan fingerprint density at radius 3 is 2.20 bits per heavy atom. The summed E-state index contributed by atoms with van der Waals surface area (Å²) in [7, 11) is -4.15. The summed E-state index contributed by atoms with van der Waals surface area (Å²) in [5.74, 6) is -0.922. The van der Waals surface area contributed by atoms with Gasteiger partial charge in [0.05, 0.1) is 16.4 Å². The second-order valence-electron chi connectivity index (χ2n) is 6.87. The smallest absolute Gasteiger partial charge is 0.324 e. The fourth-order valence-electron chi connectivity index (χ4n) is 3.06. The Labute approximate surface area is 176 Å². The third-order valence-corrected chi connectivity index (χ3v) is 6.70. The molecule has 0 aliphatic heterocycles. The zero-order chi connectivity index (χ0) is 22.3. The second-order valence-corrected chi connectivity index (χ2v) is 8.76. The third-order valence-electron chi connectivity index (χ3n) is 4.86. The zero-order valence-electron chi connectivity index (χ0n) is 17.2. The van der Waals surface area contributed by atoms with Gasteiger partial charge in [-0.05, 0) is 30.5 Å². The molecular formula is C21H26N2O6S. The van der Waals surface area contributed by atoms with E-state index < -0.39 is 27.0 Å². The van der Waals surface area contributed by atoms with Crippen molar-refractivity contribution in [2.24, 2.45) is 5.92 Å². The first-order chi connectivity index (χ1) is 14.2. The number of non-ortho nitro benzene ring substituents is 1. The molecular weight excluding hydrogens is 408 g/mol. The van der Waals surface area contributed by atoms with E-state index >= 15 is 0 Å². The van der Waals surface area contributed by atoms with Gasteiger partial charge in [-0.25, -0.2) is 8.42 Å². The van der Waals surface area contributed by atoms with Gasteiger partial charge in [-0.1, -0.05) is 50.6 Å². The SMILES string of the molecule is CCOC(=O)C(C(C)CC)N(Cc1ccccc1)S(=O)(=O)c1ccc([N+](=O)[O-])cc1. The number of benzene rings is 2. The first-order valence-electron chi connectivity index (χ1n) is 9.69. The molecule has 0 aromatic heterocycles. The summed E-state index contributed by atoms with van der Waals surface area (Å²) in [5, 5.41) is 10.9. The molecule has 0 saturated heterocycles. The fraction of sp³-hybridized carbons (Fsp3) is 0.381. The monoisotopic (exact) mass is 434 g/mol. The Morgan fingerprint density at radius 1 is 1.10 bits per heavy atom. The average Bonchev–Trinajstić information content (AvgIpc) is 2.74. The molecule has 30 heavy (non-hydrogen) atoms. The van der Waals surface area contributed by atoms with E-state index in [1.54, 1.807) is 38.1 Å². The van der Waals surface area contributed by atoms with Crippen molar-refractivity contribution in [2.45, 2.75) is 44.7 Å². The van der Waals surface area contributed by atoms with Gasteiger partial charge in [0.15, 0.2) is 0 Å². The molecule has 162 valence electrons. The molecule has 0 aliphatic carbocycles. The maximum absolute atomic E-state index is 13.5. The molecule has 0 fully saturated rings. The Balaban J connectivity index is 2.57. The maximum Gasteiger partial charge on any atom is 0.324 e. The highest BCUT2D eigenvalue weighted by Crippen LogP contribution is 2.28. The van der Waals surface area contributed by atoms with Crippen molar-refractivity contribution in [3.63, 3.8) is 0 Å². The minimum atomic E-state index is -4.15. The first kappa shape index (κ1) is 23.5. The second kappa shape index (κ2) is 10.3. The van der Waals surface area contributed by atoms with Crippen LogP contribution < -0.4 is 0 Å². The molecule has 8 nitrogen and oxygen atoms in total. The predicted molar refractivity (Wildman–Crippen MR) is 112 cm³/mol. The number of hydrogen-bond acceptors (Lipinski definition) is 6. The highest BCUT2D eigenvalue weighted by atomic mass is 32.2. The molecule has 0 saturated carbocycles. The number of sulfonamides is 1. The Kier molecular flexibility index (Phi) is 8.08. The van der Waals surface area contributed by atoms with E-state index in [-0.39, 0.29) is 29.7 Å². The van der Waals surface area contributed by atoms with Gasteiger partial charge >= 0.3 is 5.97 Å². The number of carbonyl (C=O) groups is 1. The van der Waals surface area contributed by atoms with Crippen LogP contribution in [0.5, 0.6) is 0 Å². The molecule has 2 rings (SSSR count). The summed E-state index contributed by atoms with van der Waals surface area (Å²) in [4.78, 5) is 23.0. The molecule has 0 heterocycles. The number of esters is 1. The molecule has 2 atom stereocenters. The molecule has 9 heteroatoms. The molecule has 0 radical (unpaired) electrons. The van der Waals surface area contributed by atoms with Crippen molar-refractivity contribution >= 4 is 21.7 Å². The Hall–Kier alpha value is -2.78. The summed E-state index contributed by atoms with van der Waals surface area (Å²) < 4.78 is 33.4. The van der Waals surface area contributed by atoms with Crippen LogP contribution in [0.3, 0.4) is 0 Å². The van der Waals surface area contributed by atoms with Crippen molar-refractivity contribution in [1.29, 1.82) is 0 Å². The van der Waals surface area contributed by atoms with E-state index in [1.165, 1.54) is 12.1 Å². The van der Waals surface area contributed by atoms with Crippen LogP contribution in [-0.4, -0.2) is 36.3 Å². The van der Waals surface area contributed by atoms with Gasteiger partial charge in [-0.15, -0.1) is 0 Å². The van der Waals surface area contributed by atoms with Crippen LogP contribution in [0, 0.1) is 16.0 Å². The molecule has 2 aromatic carbocycles. The Bertz CT molecular complexity index is 961. The minimum Gasteiger partial charge on any atom is -0.465 e. The lowest BCUT2D eigenvalue weighted by Gasteiger charge is -2.33. The standard InChI is InChI=1S/C21H26N2O6S/c1-4-16(3)20(21(24)29-5-2)22(15-17-9-7-6-8-10-17)30(27,28)19-13-11-18(12-14-19)23(25)26/h6-14,16,20H,4-5,15H2,1-3H3. The predicted octanol–water partition coefficient (Wildman–Crippen LogP) is 3.76. The van der Waals surface area contributed by atoms with E-state index in [2.05, 4.69) is 0 Å². The lowest BCUT2D eigenvalue weighted by Crippen LogP contribution is -2.48. The number of nitro benzene ring substituents is 1. The van der Waals surface area contributed by atoms with Gasteiger partial charge in [0.25, 0.3) is 5.69 Å². The quantitative estimate of drug-likeness (QED) is 0.320. The number of nitrogens with zero attached hydrogens (tertiary/aromatic N) is 2. The molecule has 0 N–H and O–H groups in total. The summed E-state index contributed by atoms with van der Waals surface area (Å²) >= 11 is 0. The van der Waals surface area contributed by atoms with Crippen molar-refractivity contribution in [2.75, 3.05) is 6.61 Å². The molecule has 2 unspecified atom stereocenters. The summed E-state index contributed by atoms with van der Waals surface area (Å²) in [6.45, 7) is 5.43. The third kappa shape index (κ3) is 5.43. The van der Waals surface area contributed by atoms with Crippen molar-refractivity contribution in [3.05, 3.63) is 70.3 Å². The minimum absolute atomic E-state index is 0.0337. The molecule has 0 amide bonds. The van der Waals surface area contributed by atoms with Gasteiger partial charge in [-0.3, -0.25) is 14.9 Å². The van der Waals surface area contributed by atoms with Gasteiger partial charge in [-0.2, -0.15) is 4.31 Å². The van der Waals surface area contributed by atoms with Crippen LogP contribution in [0.25, 0.3) is 0 Å². The first-order valence-corrected chi connectivity index (χ1v) is 11.1. The van der Waals surface area contributed by atoms with E-state index in [1.807, 2.05) is 13.0 Å². The highest BCUT2D eigenvalue weighted by molar-refractivity contribution is 7.89. The molecule has 2 aromatic rings. The van der Waals surface area contributed by atoms with Crippen LogP contribution in [0.1, 0.15) is 32.8 Å². The molecule has 0 spiro atoms. The van der Waals surface area contributed by atoms with Crippen molar-refractivity contribution < 1.29 is 22.9 Å². The summed E-state index contributed by atoms with van der Waals surface area (Å²) in [6.07, 6.45) is 0.560. The summed E-state index contributed by atoms with van der Waals surface area (Å²) in [5.41, 5.74) is 0.494. The lowest BCUT2D eigenvalue weighted by atomic mass is 9.99. The van der Waals surface area contributed by atoms with Crippen LogP contribution in [0.4, 0.5) is 5.69 Å². The zero-order valence-corrected chi connectivity index (χ0v) is 18.0. The molecule has 0 bridgehead atoms. The van der Waals surface area contributed by atoms with Crippen molar-refractivity contribution in [1.82, 2.24) is 4.31 Å². The number of hydrogen-bond donors (Lipinski definition) is 0. The number of ether oxygens (including phenoxy) is 1. The number of nitro groups is 1. The normalized spacial score (nSPS) is 13.6. The number of carbonyl (C=O) groups excluding carboxylic acids is 1. The van der Waals surface area contributed by atoms with Gasteiger partial charge in [0.2, 0.25) is 10.0 Å². The van der Waals surface area contributed by atoms with Crippen LogP contribution in [-0.2, 0) is 26.1 Å². The molecule has 0 aliphatic rings. The largest absolute Gasteiger partial charge is 0.465 e. The highest BCUT2D eigenvalue weighted by Gasteiger charge is 2.39. The van der Waals surface area contributed by atoms with Crippen LogP contribution in [0.15, 0.2) is 59.5 Å². The van der Waals surface area contributed by atoms with Crippen LogP contribution >= 0.6 is 0 Å². The van der Waals surface area contributed by atoms with Gasteiger partial charge < -0.3 is 4.74 Å². The lowest BCUT2D eigenvalue weighted by molar-refractivity contribution is -0.384. The average molecular weight is 435 g/mol. The van der Waals surface area contributed by atoms with E-state index in [9.17, 15) is 23.3 Å². The Morgan fingerprint density at radius 2 is 1.70 bits per heavy atom. The van der Waals surface area contributed by atoms with Crippen molar-refractivity contribution in [3.8, 4) is 0 Å². The number of rotatable bonds is 10. The van der Waals surface area contributed by atoms with E-state index in [0.29, 0.717) is 12.0 Å². The fourth-order valence-corrected chi connectivity index (χ4v) is 4.72. The maximum atomic E-state index is 13.5. The van der Waals surface area contributed by atoms with E-state index in [0.717, 1.165) is 16.4 Å². The topological polar surface area (TPSA) is 107 Å². The van der Waals surface area contributed by atoms with Gasteiger partial charge in [0, 0.05) is 18.7 Å². The summed E-state index contributed by atoms with van der Waals surface area (Å²) in [6, 6.07) is 12.5. The van der Waals surface area contributed by atoms with E-state index in [4.69, 9.17) is 4.74 Å². The van der Waals surface area contributed by atoms with Crippen LogP contribution in [0.2, 0.25) is 0 Å². The van der Waals surface area contributed by atoms with Gasteiger partial charge in [0.1, 0.15) is 6.04 Å².